The number of rotatable bonds is 1. The van der Waals surface area contributed by atoms with Crippen LogP contribution in [0.25, 0.3) is 0 Å². The molecule has 19 heavy (non-hydrogen) atoms. The third-order valence-electron chi connectivity index (χ3n) is 3.39. The van der Waals surface area contributed by atoms with E-state index in [0.29, 0.717) is 12.4 Å². The van der Waals surface area contributed by atoms with Crippen molar-refractivity contribution in [1.29, 1.82) is 5.41 Å². The Labute approximate surface area is 125 Å². The molecule has 0 fully saturated rings. The molecule has 1 aliphatic heterocycles. The Balaban J connectivity index is 2.07. The van der Waals surface area contributed by atoms with Crippen LogP contribution in [0.2, 0.25) is 5.02 Å². The molecule has 1 aliphatic rings. The quantitative estimate of drug-likeness (QED) is 0.799. The molecule has 0 saturated carbocycles. The summed E-state index contributed by atoms with van der Waals surface area (Å²) in [5, 5.41) is 9.03. The number of benzene rings is 2. The summed E-state index contributed by atoms with van der Waals surface area (Å²) < 4.78 is 0.965. The van der Waals surface area contributed by atoms with Crippen molar-refractivity contribution in [3.05, 3.63) is 62.6 Å². The fraction of sp³-hybridized carbons (Fsp3) is 0.133. The topological polar surface area (TPSA) is 27.1 Å². The largest absolute Gasteiger partial charge is 0.321 e. The summed E-state index contributed by atoms with van der Waals surface area (Å²) in [5.74, 6) is 0.524. The van der Waals surface area contributed by atoms with Gasteiger partial charge in [-0.25, -0.2) is 0 Å². The molecule has 0 radical (unpaired) electrons. The molecular formula is C15H12BrClN2. The maximum atomic E-state index is 8.31. The monoisotopic (exact) mass is 334 g/mol. The average Bonchev–Trinajstić information content (AvgIpc) is 2.72. The minimum absolute atomic E-state index is 0.524. The molecule has 96 valence electrons. The van der Waals surface area contributed by atoms with Gasteiger partial charge >= 0.3 is 0 Å². The minimum Gasteiger partial charge on any atom is -0.321 e. The summed E-state index contributed by atoms with van der Waals surface area (Å²) in [7, 11) is 0. The third-order valence-corrected chi connectivity index (χ3v) is 4.43. The first-order chi connectivity index (χ1) is 9.08. The van der Waals surface area contributed by atoms with Crippen molar-refractivity contribution >= 4 is 39.1 Å². The molecule has 2 aromatic carbocycles. The lowest BCUT2D eigenvalue weighted by Gasteiger charge is -2.20. The van der Waals surface area contributed by atoms with Crippen LogP contribution in [0, 0.1) is 12.3 Å². The lowest BCUT2D eigenvalue weighted by Crippen LogP contribution is -2.23. The predicted octanol–water partition coefficient (Wildman–Crippen LogP) is 4.76. The Morgan fingerprint density at radius 3 is 2.74 bits per heavy atom. The number of nitrogens with zero attached hydrogens (tertiary/aromatic N) is 1. The highest BCUT2D eigenvalue weighted by atomic mass is 79.9. The molecular weight excluding hydrogens is 324 g/mol. The Morgan fingerprint density at radius 1 is 1.26 bits per heavy atom. The molecule has 2 aromatic rings. The van der Waals surface area contributed by atoms with Crippen LogP contribution in [0.3, 0.4) is 0 Å². The van der Waals surface area contributed by atoms with Crippen LogP contribution in [0.15, 0.2) is 40.9 Å². The van der Waals surface area contributed by atoms with Gasteiger partial charge in [0.15, 0.2) is 0 Å². The van der Waals surface area contributed by atoms with Gasteiger partial charge in [0.1, 0.15) is 5.84 Å². The van der Waals surface area contributed by atoms with Crippen LogP contribution in [-0.2, 0) is 6.54 Å². The van der Waals surface area contributed by atoms with Crippen LogP contribution in [0.4, 0.5) is 5.69 Å². The SMILES string of the molecule is Cc1cc(Br)c(N2Cc3ccccc3C2=N)cc1Cl. The number of aryl methyl sites for hydroxylation is 1. The average molecular weight is 336 g/mol. The van der Waals surface area contributed by atoms with Crippen molar-refractivity contribution in [2.24, 2.45) is 0 Å². The zero-order valence-electron chi connectivity index (χ0n) is 10.4. The number of amidine groups is 1. The van der Waals surface area contributed by atoms with E-state index < -0.39 is 0 Å². The first-order valence-corrected chi connectivity index (χ1v) is 7.15. The van der Waals surface area contributed by atoms with Gasteiger partial charge in [0.2, 0.25) is 0 Å². The number of anilines is 1. The maximum absolute atomic E-state index is 8.31. The van der Waals surface area contributed by atoms with Gasteiger partial charge < -0.3 is 4.90 Å². The van der Waals surface area contributed by atoms with Crippen LogP contribution in [0.1, 0.15) is 16.7 Å². The number of halogens is 2. The molecule has 0 saturated heterocycles. The van der Waals surface area contributed by atoms with Crippen molar-refractivity contribution in [3.63, 3.8) is 0 Å². The number of hydrogen-bond acceptors (Lipinski definition) is 1. The fourth-order valence-electron chi connectivity index (χ4n) is 2.33. The molecule has 0 aromatic heterocycles. The zero-order chi connectivity index (χ0) is 13.6. The smallest absolute Gasteiger partial charge is 0.133 e. The van der Waals surface area contributed by atoms with Crippen LogP contribution in [0.5, 0.6) is 0 Å². The van der Waals surface area contributed by atoms with Crippen LogP contribution >= 0.6 is 27.5 Å². The third kappa shape index (κ3) is 2.07. The van der Waals surface area contributed by atoms with Gasteiger partial charge in [-0.3, -0.25) is 5.41 Å². The standard InChI is InChI=1S/C15H12BrClN2/c1-9-6-12(16)14(7-13(9)17)19-8-10-4-2-3-5-11(10)15(19)18/h2-7,18H,8H2,1H3. The number of nitrogens with one attached hydrogen (secondary N) is 1. The lowest BCUT2D eigenvalue weighted by atomic mass is 10.1. The Hall–Kier alpha value is -1.32. The van der Waals surface area contributed by atoms with E-state index in [1.54, 1.807) is 0 Å². The van der Waals surface area contributed by atoms with Crippen molar-refractivity contribution in [2.75, 3.05) is 4.90 Å². The molecule has 0 amide bonds. The van der Waals surface area contributed by atoms with E-state index in [1.165, 1.54) is 5.56 Å². The van der Waals surface area contributed by atoms with Crippen molar-refractivity contribution < 1.29 is 0 Å². The second kappa shape index (κ2) is 4.66. The van der Waals surface area contributed by atoms with E-state index in [9.17, 15) is 0 Å². The molecule has 0 bridgehead atoms. The van der Waals surface area contributed by atoms with Gasteiger partial charge in [-0.15, -0.1) is 0 Å². The number of fused-ring (bicyclic) bond motifs is 1. The van der Waals surface area contributed by atoms with Gasteiger partial charge in [-0.05, 0) is 46.1 Å². The molecule has 0 aliphatic carbocycles. The Kier molecular flexibility index (Phi) is 3.11. The highest BCUT2D eigenvalue weighted by Crippen LogP contribution is 2.36. The molecule has 4 heteroatoms. The summed E-state index contributed by atoms with van der Waals surface area (Å²) in [6.45, 7) is 2.69. The van der Waals surface area contributed by atoms with E-state index in [4.69, 9.17) is 17.0 Å². The van der Waals surface area contributed by atoms with Gasteiger partial charge in [0.05, 0.1) is 12.2 Å². The molecule has 1 N–H and O–H groups in total. The fourth-order valence-corrected chi connectivity index (χ4v) is 3.16. The molecule has 1 heterocycles. The van der Waals surface area contributed by atoms with Crippen LogP contribution in [-0.4, -0.2) is 5.84 Å². The molecule has 0 spiro atoms. The van der Waals surface area contributed by atoms with E-state index in [1.807, 2.05) is 42.2 Å². The van der Waals surface area contributed by atoms with Gasteiger partial charge in [-0.2, -0.15) is 0 Å². The second-order valence-corrected chi connectivity index (χ2v) is 5.91. The first kappa shape index (κ1) is 12.7. The summed E-state index contributed by atoms with van der Waals surface area (Å²) in [6.07, 6.45) is 0. The highest BCUT2D eigenvalue weighted by Gasteiger charge is 2.26. The normalized spacial score (nSPS) is 13.8. The predicted molar refractivity (Wildman–Crippen MR) is 83.3 cm³/mol. The Morgan fingerprint density at radius 2 is 2.00 bits per heavy atom. The molecule has 2 nitrogen and oxygen atoms in total. The number of hydrogen-bond donors (Lipinski definition) is 1. The maximum Gasteiger partial charge on any atom is 0.133 e. The molecule has 3 rings (SSSR count). The van der Waals surface area contributed by atoms with E-state index >= 15 is 0 Å². The highest BCUT2D eigenvalue weighted by molar-refractivity contribution is 9.10. The van der Waals surface area contributed by atoms with Crippen molar-refractivity contribution in [3.8, 4) is 0 Å². The second-order valence-electron chi connectivity index (χ2n) is 4.64. The van der Waals surface area contributed by atoms with E-state index in [2.05, 4.69) is 22.0 Å². The first-order valence-electron chi connectivity index (χ1n) is 5.98. The Bertz CT molecular complexity index is 682. The van der Waals surface area contributed by atoms with Gasteiger partial charge in [0.25, 0.3) is 0 Å². The molecule has 0 unspecified atom stereocenters. The molecule has 0 atom stereocenters. The zero-order valence-corrected chi connectivity index (χ0v) is 12.7. The van der Waals surface area contributed by atoms with E-state index in [-0.39, 0.29) is 0 Å². The van der Waals surface area contributed by atoms with Gasteiger partial charge in [-0.1, -0.05) is 35.9 Å². The van der Waals surface area contributed by atoms with Crippen LogP contribution < -0.4 is 4.90 Å². The van der Waals surface area contributed by atoms with Crippen molar-refractivity contribution in [2.45, 2.75) is 13.5 Å². The van der Waals surface area contributed by atoms with Gasteiger partial charge in [0, 0.05) is 15.1 Å². The summed E-state index contributed by atoms with van der Waals surface area (Å²) in [4.78, 5) is 1.97. The minimum atomic E-state index is 0.524. The summed E-state index contributed by atoms with van der Waals surface area (Å²) >= 11 is 9.77. The summed E-state index contributed by atoms with van der Waals surface area (Å²) in [6, 6.07) is 11.9. The van der Waals surface area contributed by atoms with Crippen molar-refractivity contribution in [1.82, 2.24) is 0 Å². The van der Waals surface area contributed by atoms with E-state index in [0.717, 1.165) is 26.3 Å². The summed E-state index contributed by atoms with van der Waals surface area (Å²) in [5.41, 5.74) is 4.14. The lowest BCUT2D eigenvalue weighted by molar-refractivity contribution is 1.04.